The van der Waals surface area contributed by atoms with Gasteiger partial charge in [0.1, 0.15) is 0 Å². The molecule has 0 saturated carbocycles. The Morgan fingerprint density at radius 3 is 2.30 bits per heavy atom. The molecule has 2 aromatic carbocycles. The lowest BCUT2D eigenvalue weighted by Crippen LogP contribution is -2.37. The zero-order chi connectivity index (χ0) is 21.5. The number of carbonyl (C=O) groups is 2. The number of hydrogen-bond donors (Lipinski definition) is 2. The lowest BCUT2D eigenvalue weighted by Gasteiger charge is -2.29. The predicted molar refractivity (Wildman–Crippen MR) is 121 cm³/mol. The number of piperidine rings is 1. The topological polar surface area (TPSA) is 78.7 Å². The number of rotatable bonds is 7. The van der Waals surface area contributed by atoms with Crippen LogP contribution in [0.15, 0.2) is 48.5 Å². The van der Waals surface area contributed by atoms with Crippen molar-refractivity contribution in [1.82, 2.24) is 10.2 Å². The number of nitrogens with one attached hydrogen (secondary N) is 1. The van der Waals surface area contributed by atoms with Gasteiger partial charge in [0.25, 0.3) is 0 Å². The van der Waals surface area contributed by atoms with Crippen LogP contribution in [0.5, 0.6) is 0 Å². The number of primary amides is 1. The highest BCUT2D eigenvalue weighted by atomic mass is 35.5. The Kier molecular flexibility index (Phi) is 7.57. The molecule has 0 unspecified atom stereocenters. The van der Waals surface area contributed by atoms with E-state index in [9.17, 15) is 9.59 Å². The number of urea groups is 1. The third-order valence-corrected chi connectivity index (χ3v) is 5.72. The number of nitrogens with two attached hydrogens (primary N) is 1. The van der Waals surface area contributed by atoms with E-state index in [0.29, 0.717) is 11.6 Å². The Hall–Kier alpha value is -2.73. The molecule has 0 spiro atoms. The Balaban J connectivity index is 1.60. The van der Waals surface area contributed by atoms with E-state index in [1.54, 1.807) is 36.2 Å². The van der Waals surface area contributed by atoms with Crippen molar-refractivity contribution in [3.63, 3.8) is 0 Å². The van der Waals surface area contributed by atoms with E-state index in [4.69, 9.17) is 17.3 Å². The van der Waals surface area contributed by atoms with E-state index in [-0.39, 0.29) is 12.3 Å². The predicted octanol–water partition coefficient (Wildman–Crippen LogP) is 4.09. The molecular formula is C23H29ClN4O2. The standard InChI is InChI=1S/C23H29ClN4O2/c1-27(16-17-5-11-20(12-6-17)28-13-3-2-4-14-28)22(29)15-21(26-23(25)30)18-7-9-19(24)10-8-18/h5-12,21H,2-4,13-16H2,1H3,(H3,25,26,30)/t21-/m0/s1. The van der Waals surface area contributed by atoms with Gasteiger partial charge in [0.15, 0.2) is 0 Å². The van der Waals surface area contributed by atoms with Gasteiger partial charge < -0.3 is 20.9 Å². The number of benzene rings is 2. The molecule has 3 N–H and O–H groups in total. The summed E-state index contributed by atoms with van der Waals surface area (Å²) < 4.78 is 0. The average Bonchev–Trinajstić information content (AvgIpc) is 2.74. The molecule has 1 atom stereocenters. The number of halogens is 1. The van der Waals surface area contributed by atoms with Crippen LogP contribution in [0.4, 0.5) is 10.5 Å². The summed E-state index contributed by atoms with van der Waals surface area (Å²) in [6, 6.07) is 14.3. The Morgan fingerprint density at radius 2 is 1.70 bits per heavy atom. The van der Waals surface area contributed by atoms with Crippen LogP contribution in [0.25, 0.3) is 0 Å². The molecule has 3 rings (SSSR count). The molecule has 30 heavy (non-hydrogen) atoms. The normalized spacial score (nSPS) is 14.8. The molecule has 3 amide bonds. The van der Waals surface area contributed by atoms with E-state index in [1.165, 1.54) is 24.9 Å². The summed E-state index contributed by atoms with van der Waals surface area (Å²) >= 11 is 5.94. The van der Waals surface area contributed by atoms with Crippen molar-refractivity contribution in [3.8, 4) is 0 Å². The Labute approximate surface area is 183 Å². The van der Waals surface area contributed by atoms with Crippen LogP contribution in [-0.4, -0.2) is 37.0 Å². The van der Waals surface area contributed by atoms with Gasteiger partial charge in [-0.3, -0.25) is 4.79 Å². The minimum absolute atomic E-state index is 0.0798. The smallest absolute Gasteiger partial charge is 0.312 e. The number of anilines is 1. The first-order valence-electron chi connectivity index (χ1n) is 10.3. The fraction of sp³-hybridized carbons (Fsp3) is 0.391. The third-order valence-electron chi connectivity index (χ3n) is 5.47. The highest BCUT2D eigenvalue weighted by molar-refractivity contribution is 6.30. The Morgan fingerprint density at radius 1 is 1.07 bits per heavy atom. The summed E-state index contributed by atoms with van der Waals surface area (Å²) in [5.74, 6) is -0.0798. The van der Waals surface area contributed by atoms with Crippen LogP contribution < -0.4 is 16.0 Å². The second-order valence-corrected chi connectivity index (χ2v) is 8.22. The van der Waals surface area contributed by atoms with Crippen LogP contribution in [0.1, 0.15) is 42.9 Å². The summed E-state index contributed by atoms with van der Waals surface area (Å²) in [4.78, 5) is 28.3. The summed E-state index contributed by atoms with van der Waals surface area (Å²) in [6.45, 7) is 2.72. The maximum absolute atomic E-state index is 12.8. The second-order valence-electron chi connectivity index (χ2n) is 7.78. The third kappa shape index (κ3) is 6.13. The first-order valence-corrected chi connectivity index (χ1v) is 10.7. The maximum Gasteiger partial charge on any atom is 0.312 e. The van der Waals surface area contributed by atoms with Crippen LogP contribution in [0.3, 0.4) is 0 Å². The first kappa shape index (κ1) is 22.0. The van der Waals surface area contributed by atoms with Gasteiger partial charge in [0.05, 0.1) is 12.5 Å². The van der Waals surface area contributed by atoms with Gasteiger partial charge in [0.2, 0.25) is 5.91 Å². The number of hydrogen-bond acceptors (Lipinski definition) is 3. The SMILES string of the molecule is CN(Cc1ccc(N2CCCCC2)cc1)C(=O)C[C@H](NC(N)=O)c1ccc(Cl)cc1. The lowest BCUT2D eigenvalue weighted by atomic mass is 10.0. The van der Waals surface area contributed by atoms with E-state index >= 15 is 0 Å². The minimum Gasteiger partial charge on any atom is -0.372 e. The highest BCUT2D eigenvalue weighted by Crippen LogP contribution is 2.22. The molecule has 0 bridgehead atoms. The van der Waals surface area contributed by atoms with Crippen molar-refractivity contribution in [2.45, 2.75) is 38.3 Å². The van der Waals surface area contributed by atoms with Crippen molar-refractivity contribution in [1.29, 1.82) is 0 Å². The van der Waals surface area contributed by atoms with Crippen molar-refractivity contribution >= 4 is 29.2 Å². The van der Waals surface area contributed by atoms with Crippen LogP contribution in [0.2, 0.25) is 5.02 Å². The molecule has 2 aromatic rings. The van der Waals surface area contributed by atoms with E-state index in [1.807, 2.05) is 0 Å². The molecule has 1 aliphatic heterocycles. The van der Waals surface area contributed by atoms with Gasteiger partial charge in [-0.15, -0.1) is 0 Å². The molecular weight excluding hydrogens is 400 g/mol. The number of carbonyl (C=O) groups excluding carboxylic acids is 2. The largest absolute Gasteiger partial charge is 0.372 e. The molecule has 6 nitrogen and oxygen atoms in total. The summed E-state index contributed by atoms with van der Waals surface area (Å²) in [6.07, 6.45) is 3.91. The molecule has 1 fully saturated rings. The highest BCUT2D eigenvalue weighted by Gasteiger charge is 2.20. The average molecular weight is 429 g/mol. The van der Waals surface area contributed by atoms with Gasteiger partial charge >= 0.3 is 6.03 Å². The second kappa shape index (κ2) is 10.3. The molecule has 0 aliphatic carbocycles. The molecule has 1 aliphatic rings. The van der Waals surface area contributed by atoms with Gasteiger partial charge in [-0.05, 0) is 54.7 Å². The van der Waals surface area contributed by atoms with Crippen LogP contribution >= 0.6 is 11.6 Å². The van der Waals surface area contributed by atoms with Crippen molar-refractivity contribution in [3.05, 3.63) is 64.7 Å². The molecule has 0 aromatic heterocycles. The van der Waals surface area contributed by atoms with Crippen molar-refractivity contribution in [2.75, 3.05) is 25.0 Å². The molecule has 0 radical (unpaired) electrons. The molecule has 160 valence electrons. The van der Waals surface area contributed by atoms with Gasteiger partial charge in [-0.1, -0.05) is 35.9 Å². The monoisotopic (exact) mass is 428 g/mol. The maximum atomic E-state index is 12.8. The quantitative estimate of drug-likeness (QED) is 0.697. The van der Waals surface area contributed by atoms with Gasteiger partial charge in [-0.2, -0.15) is 0 Å². The molecule has 1 heterocycles. The first-order chi connectivity index (χ1) is 14.4. The number of amides is 3. The minimum atomic E-state index is -0.668. The lowest BCUT2D eigenvalue weighted by molar-refractivity contribution is -0.130. The van der Waals surface area contributed by atoms with Crippen LogP contribution in [0, 0.1) is 0 Å². The molecule has 7 heteroatoms. The Bertz CT molecular complexity index is 849. The van der Waals surface area contributed by atoms with E-state index < -0.39 is 12.1 Å². The fourth-order valence-corrected chi connectivity index (χ4v) is 3.90. The van der Waals surface area contributed by atoms with Gasteiger partial charge in [-0.25, -0.2) is 4.79 Å². The van der Waals surface area contributed by atoms with Gasteiger partial charge in [0, 0.05) is 37.4 Å². The van der Waals surface area contributed by atoms with E-state index in [2.05, 4.69) is 34.5 Å². The number of nitrogens with zero attached hydrogens (tertiary/aromatic N) is 2. The van der Waals surface area contributed by atoms with Crippen LogP contribution in [-0.2, 0) is 11.3 Å². The fourth-order valence-electron chi connectivity index (χ4n) is 3.78. The summed E-state index contributed by atoms with van der Waals surface area (Å²) in [5.41, 5.74) is 8.39. The molecule has 1 saturated heterocycles. The van der Waals surface area contributed by atoms with Crippen molar-refractivity contribution < 1.29 is 9.59 Å². The van der Waals surface area contributed by atoms with E-state index in [0.717, 1.165) is 24.2 Å². The zero-order valence-electron chi connectivity index (χ0n) is 17.3. The summed E-state index contributed by atoms with van der Waals surface area (Å²) in [5, 5.41) is 3.24. The van der Waals surface area contributed by atoms with Crippen molar-refractivity contribution in [2.24, 2.45) is 5.73 Å². The zero-order valence-corrected chi connectivity index (χ0v) is 18.1. The summed E-state index contributed by atoms with van der Waals surface area (Å²) in [7, 11) is 1.77.